The lowest BCUT2D eigenvalue weighted by Gasteiger charge is -2.22. The summed E-state index contributed by atoms with van der Waals surface area (Å²) >= 11 is 0. The fraction of sp³-hybridized carbons (Fsp3) is 0.200. The van der Waals surface area contributed by atoms with E-state index < -0.39 is 11.7 Å². The van der Waals surface area contributed by atoms with Crippen LogP contribution in [0.5, 0.6) is 5.75 Å². The van der Waals surface area contributed by atoms with E-state index in [1.54, 1.807) is 30.5 Å². The Morgan fingerprint density at radius 1 is 0.886 bits per heavy atom. The molecule has 9 nitrogen and oxygen atoms in total. The number of carbonyl (C=O) groups excluding carboxylic acids is 2. The zero-order chi connectivity index (χ0) is 31.3. The highest BCUT2D eigenvalue weighted by Crippen LogP contribution is 2.37. The molecule has 44 heavy (non-hydrogen) atoms. The van der Waals surface area contributed by atoms with Crippen molar-refractivity contribution < 1.29 is 14.3 Å². The Kier molecular flexibility index (Phi) is 8.76. The lowest BCUT2D eigenvalue weighted by Crippen LogP contribution is -2.24. The number of hydrogen-bond acceptors (Lipinski definition) is 8. The van der Waals surface area contributed by atoms with Crippen molar-refractivity contribution in [1.82, 2.24) is 9.97 Å². The van der Waals surface area contributed by atoms with Crippen molar-refractivity contribution in [2.24, 2.45) is 0 Å². The number of benzene rings is 4. The number of nitrogens with one attached hydrogen (secondary N) is 3. The average molecular weight is 589 g/mol. The lowest BCUT2D eigenvalue weighted by molar-refractivity contribution is -0.112. The molecule has 0 spiro atoms. The number of methoxy groups -OCH3 is 1. The summed E-state index contributed by atoms with van der Waals surface area (Å²) < 4.78 is 5.45. The summed E-state index contributed by atoms with van der Waals surface area (Å²) in [6.45, 7) is 6.81. The summed E-state index contributed by atoms with van der Waals surface area (Å²) in [5.41, 5.74) is 9.85. The van der Waals surface area contributed by atoms with Crippen molar-refractivity contribution >= 4 is 51.3 Å². The van der Waals surface area contributed by atoms with E-state index in [1.807, 2.05) is 69.3 Å². The van der Waals surface area contributed by atoms with Crippen molar-refractivity contribution in [2.75, 3.05) is 35.3 Å². The molecule has 9 heteroatoms. The maximum atomic E-state index is 13.5. The van der Waals surface area contributed by atoms with E-state index in [-0.39, 0.29) is 11.0 Å². The minimum absolute atomic E-state index is 0.231. The second kappa shape index (κ2) is 12.8. The first kappa shape index (κ1) is 30.0. The molecule has 5 aromatic rings. The van der Waals surface area contributed by atoms with E-state index in [1.165, 1.54) is 12.7 Å². The lowest BCUT2D eigenvalue weighted by atomic mass is 9.86. The third-order valence-corrected chi connectivity index (χ3v) is 7.27. The maximum Gasteiger partial charge on any atom is 0.296 e. The van der Waals surface area contributed by atoms with Crippen LogP contribution in [-0.2, 0) is 16.6 Å². The van der Waals surface area contributed by atoms with Crippen LogP contribution < -0.4 is 26.4 Å². The number of fused-ring (bicyclic) bond motifs is 1. The van der Waals surface area contributed by atoms with Crippen LogP contribution in [-0.4, -0.2) is 35.3 Å². The fourth-order valence-electron chi connectivity index (χ4n) is 4.93. The van der Waals surface area contributed by atoms with Crippen LogP contribution in [0.2, 0.25) is 0 Å². The normalized spacial score (nSPS) is 11.2. The quantitative estimate of drug-likeness (QED) is 0.0802. The minimum atomic E-state index is -0.790. The largest absolute Gasteiger partial charge is 0.492 e. The summed E-state index contributed by atoms with van der Waals surface area (Å²) in [6, 6.07) is 26.4. The fourth-order valence-corrected chi connectivity index (χ4v) is 4.93. The number of carbonyl (C=O) groups is 2. The Hall–Kier alpha value is -5.44. The molecule has 5 N–H and O–H groups in total. The molecule has 0 radical (unpaired) electrons. The SMILES string of the molecule is COc1c(N)cc(C(C)(C)C)cc1NC(=O)C(=O)c1ccc(Nc2ccnc(NCCc3ccccc3)n2)c2ccccc12. The molecule has 0 saturated heterocycles. The molecule has 0 saturated carbocycles. The van der Waals surface area contributed by atoms with Gasteiger partial charge in [-0.2, -0.15) is 4.98 Å². The molecule has 0 unspecified atom stereocenters. The Morgan fingerprint density at radius 3 is 2.34 bits per heavy atom. The summed E-state index contributed by atoms with van der Waals surface area (Å²) in [6.07, 6.45) is 2.53. The number of hydrogen-bond donors (Lipinski definition) is 4. The van der Waals surface area contributed by atoms with Crippen molar-refractivity contribution in [1.29, 1.82) is 0 Å². The molecule has 0 aliphatic carbocycles. The molecule has 1 amide bonds. The van der Waals surface area contributed by atoms with Crippen LogP contribution in [0.4, 0.5) is 28.8 Å². The van der Waals surface area contributed by atoms with Gasteiger partial charge in [-0.3, -0.25) is 9.59 Å². The van der Waals surface area contributed by atoms with Gasteiger partial charge in [0, 0.05) is 29.4 Å². The van der Waals surface area contributed by atoms with E-state index in [0.29, 0.717) is 40.8 Å². The van der Waals surface area contributed by atoms with E-state index in [2.05, 4.69) is 38.1 Å². The van der Waals surface area contributed by atoms with E-state index in [9.17, 15) is 9.59 Å². The van der Waals surface area contributed by atoms with Gasteiger partial charge in [-0.25, -0.2) is 4.98 Å². The molecule has 0 fully saturated rings. The predicted octanol–water partition coefficient (Wildman–Crippen LogP) is 6.74. The van der Waals surface area contributed by atoms with Crippen LogP contribution in [0.15, 0.2) is 91.1 Å². The molecule has 1 heterocycles. The van der Waals surface area contributed by atoms with Gasteiger partial charge >= 0.3 is 0 Å². The molecule has 4 aromatic carbocycles. The Labute approximate surface area is 256 Å². The van der Waals surface area contributed by atoms with Crippen molar-refractivity contribution in [3.63, 3.8) is 0 Å². The zero-order valence-electron chi connectivity index (χ0n) is 25.3. The first-order valence-electron chi connectivity index (χ1n) is 14.4. The number of nitrogens with zero attached hydrogens (tertiary/aromatic N) is 2. The molecular formula is C35H36N6O3. The van der Waals surface area contributed by atoms with E-state index in [0.717, 1.165) is 23.1 Å². The predicted molar refractivity (Wildman–Crippen MR) is 177 cm³/mol. The number of nitrogens with two attached hydrogens (primary N) is 1. The van der Waals surface area contributed by atoms with Gasteiger partial charge in [0.25, 0.3) is 11.7 Å². The van der Waals surface area contributed by atoms with Crippen LogP contribution >= 0.6 is 0 Å². The average Bonchev–Trinajstić information content (AvgIpc) is 3.01. The minimum Gasteiger partial charge on any atom is -0.492 e. The number of aromatic nitrogens is 2. The van der Waals surface area contributed by atoms with Gasteiger partial charge in [-0.15, -0.1) is 0 Å². The number of ketones is 1. The molecule has 224 valence electrons. The molecule has 0 aliphatic heterocycles. The van der Waals surface area contributed by atoms with Crippen molar-refractivity contribution in [2.45, 2.75) is 32.6 Å². The van der Waals surface area contributed by atoms with Crippen LogP contribution in [0.1, 0.15) is 42.3 Å². The second-order valence-electron chi connectivity index (χ2n) is 11.4. The zero-order valence-corrected chi connectivity index (χ0v) is 25.3. The van der Waals surface area contributed by atoms with E-state index >= 15 is 0 Å². The summed E-state index contributed by atoms with van der Waals surface area (Å²) in [4.78, 5) is 35.7. The van der Waals surface area contributed by atoms with E-state index in [4.69, 9.17) is 10.5 Å². The highest BCUT2D eigenvalue weighted by atomic mass is 16.5. The van der Waals surface area contributed by atoms with Gasteiger partial charge in [0.2, 0.25) is 5.95 Å². The molecule has 0 aliphatic rings. The first-order chi connectivity index (χ1) is 21.1. The number of rotatable bonds is 10. The van der Waals surface area contributed by atoms with Crippen LogP contribution in [0, 0.1) is 0 Å². The third kappa shape index (κ3) is 6.78. The van der Waals surface area contributed by atoms with Gasteiger partial charge in [0.15, 0.2) is 5.75 Å². The van der Waals surface area contributed by atoms with Crippen molar-refractivity contribution in [3.8, 4) is 5.75 Å². The first-order valence-corrected chi connectivity index (χ1v) is 14.4. The summed E-state index contributed by atoms with van der Waals surface area (Å²) in [5.74, 6) is -0.0663. The third-order valence-electron chi connectivity index (χ3n) is 7.27. The molecule has 0 atom stereocenters. The number of Topliss-reactive ketones (excluding diaryl/α,β-unsaturated/α-hetero) is 1. The molecular weight excluding hydrogens is 552 g/mol. The monoisotopic (exact) mass is 588 g/mol. The van der Waals surface area contributed by atoms with Crippen LogP contribution in [0.25, 0.3) is 10.8 Å². The summed E-state index contributed by atoms with van der Waals surface area (Å²) in [5, 5.41) is 10.7. The number of ether oxygens (including phenoxy) is 1. The number of anilines is 5. The Balaban J connectivity index is 1.36. The smallest absolute Gasteiger partial charge is 0.296 e. The topological polar surface area (TPSA) is 131 Å². The standard InChI is InChI=1S/C35H36N6O3/c1-35(2,3)23-20-27(36)32(44-4)29(21-23)40-33(43)31(42)26-14-15-28(25-13-9-8-12-24(25)26)39-30-17-19-38-34(41-30)37-18-16-22-10-6-5-7-11-22/h5-15,17,19-21H,16,18,36H2,1-4H3,(H,40,43)(H2,37,38,39,41). The second-order valence-corrected chi connectivity index (χ2v) is 11.4. The van der Waals surface area contributed by atoms with Crippen molar-refractivity contribution in [3.05, 3.63) is 108 Å². The summed E-state index contributed by atoms with van der Waals surface area (Å²) in [7, 11) is 1.47. The van der Waals surface area contributed by atoms with Gasteiger partial charge in [0.05, 0.1) is 18.5 Å². The number of nitrogen functional groups attached to an aromatic ring is 1. The van der Waals surface area contributed by atoms with Gasteiger partial charge in [-0.1, -0.05) is 75.4 Å². The van der Waals surface area contributed by atoms with Gasteiger partial charge in [0.1, 0.15) is 5.82 Å². The van der Waals surface area contributed by atoms with Gasteiger partial charge in [-0.05, 0) is 58.7 Å². The van der Waals surface area contributed by atoms with Gasteiger partial charge < -0.3 is 26.4 Å². The molecule has 0 bridgehead atoms. The van der Waals surface area contributed by atoms with Crippen LogP contribution in [0.3, 0.4) is 0 Å². The molecule has 1 aromatic heterocycles. The molecule has 5 rings (SSSR count). The number of amides is 1. The Bertz CT molecular complexity index is 1820. The Morgan fingerprint density at radius 2 is 1.61 bits per heavy atom. The highest BCUT2D eigenvalue weighted by molar-refractivity contribution is 6.48. The highest BCUT2D eigenvalue weighted by Gasteiger charge is 2.24. The maximum absolute atomic E-state index is 13.5.